The van der Waals surface area contributed by atoms with E-state index in [0.29, 0.717) is 16.3 Å². The van der Waals surface area contributed by atoms with E-state index in [9.17, 15) is 4.79 Å². The van der Waals surface area contributed by atoms with Gasteiger partial charge in [-0.25, -0.2) is 0 Å². The molecule has 2 rings (SSSR count). The number of aliphatic carboxylic acids is 1. The summed E-state index contributed by atoms with van der Waals surface area (Å²) in [5.41, 5.74) is 0.684. The number of halogens is 1. The van der Waals surface area contributed by atoms with Crippen LogP contribution in [0.5, 0.6) is 5.75 Å². The van der Waals surface area contributed by atoms with E-state index in [1.165, 1.54) is 0 Å². The Hall–Kier alpha value is -1.26. The molecule has 1 aromatic rings. The summed E-state index contributed by atoms with van der Waals surface area (Å²) in [6.45, 7) is 1.92. The number of ether oxygens (including phenoxy) is 1. The van der Waals surface area contributed by atoms with E-state index >= 15 is 0 Å². The van der Waals surface area contributed by atoms with Crippen LogP contribution in [0.4, 0.5) is 0 Å². The minimum atomic E-state index is -0.864. The first-order valence-electron chi connectivity index (χ1n) is 5.90. The lowest BCUT2D eigenvalue weighted by Crippen LogP contribution is -2.21. The quantitative estimate of drug-likeness (QED) is 0.909. The Morgan fingerprint density at radius 3 is 2.94 bits per heavy atom. The fraction of sp³-hybridized carbons (Fsp3) is 0.462. The number of nitrogens with zero attached hydrogens (tertiary/aromatic N) is 1. The first-order chi connectivity index (χ1) is 8.54. The molecule has 0 aliphatic carbocycles. The molecule has 5 heteroatoms. The average molecular weight is 270 g/mol. The molecule has 4 nitrogen and oxygen atoms in total. The molecule has 1 unspecified atom stereocenters. The van der Waals surface area contributed by atoms with Crippen LogP contribution in [-0.2, 0) is 11.2 Å². The van der Waals surface area contributed by atoms with Crippen molar-refractivity contribution in [2.45, 2.75) is 18.9 Å². The molecule has 1 aromatic carbocycles. The lowest BCUT2D eigenvalue weighted by atomic mass is 10.1. The molecule has 0 bridgehead atoms. The third-order valence-corrected chi connectivity index (χ3v) is 3.29. The zero-order valence-corrected chi connectivity index (χ0v) is 11.0. The fourth-order valence-corrected chi connectivity index (χ4v) is 2.34. The Bertz CT molecular complexity index is 450. The van der Waals surface area contributed by atoms with Gasteiger partial charge in [-0.3, -0.25) is 4.79 Å². The fourth-order valence-electron chi connectivity index (χ4n) is 2.09. The molecule has 1 heterocycles. The minimum Gasteiger partial charge on any atom is -0.487 e. The molecule has 0 radical (unpaired) electrons. The zero-order valence-electron chi connectivity index (χ0n) is 10.2. The van der Waals surface area contributed by atoms with E-state index in [1.807, 2.05) is 0 Å². The van der Waals surface area contributed by atoms with Gasteiger partial charge in [0, 0.05) is 13.1 Å². The molecule has 1 aliphatic heterocycles. The predicted octanol–water partition coefficient (Wildman–Crippen LogP) is 2.05. The first kappa shape index (κ1) is 13.2. The summed E-state index contributed by atoms with van der Waals surface area (Å²) in [4.78, 5) is 12.8. The molecule has 1 saturated heterocycles. The number of carboxylic acids is 1. The summed E-state index contributed by atoms with van der Waals surface area (Å²) in [6, 6.07) is 5.15. The van der Waals surface area contributed by atoms with Crippen LogP contribution in [0.3, 0.4) is 0 Å². The van der Waals surface area contributed by atoms with Gasteiger partial charge in [0.25, 0.3) is 0 Å². The van der Waals surface area contributed by atoms with E-state index in [0.717, 1.165) is 19.5 Å². The van der Waals surface area contributed by atoms with Crippen LogP contribution >= 0.6 is 11.6 Å². The summed E-state index contributed by atoms with van der Waals surface area (Å²) < 4.78 is 5.82. The number of benzene rings is 1. The highest BCUT2D eigenvalue weighted by molar-refractivity contribution is 6.32. The van der Waals surface area contributed by atoms with Crippen molar-refractivity contribution in [2.24, 2.45) is 0 Å². The van der Waals surface area contributed by atoms with Gasteiger partial charge in [0.1, 0.15) is 11.9 Å². The van der Waals surface area contributed by atoms with E-state index in [1.54, 1.807) is 18.2 Å². The van der Waals surface area contributed by atoms with Crippen LogP contribution < -0.4 is 4.74 Å². The van der Waals surface area contributed by atoms with Gasteiger partial charge in [-0.1, -0.05) is 17.7 Å². The van der Waals surface area contributed by atoms with Crippen LogP contribution in [0, 0.1) is 0 Å². The van der Waals surface area contributed by atoms with Crippen LogP contribution in [0.25, 0.3) is 0 Å². The number of hydrogen-bond donors (Lipinski definition) is 1. The van der Waals surface area contributed by atoms with Crippen molar-refractivity contribution in [1.82, 2.24) is 4.90 Å². The SMILES string of the molecule is CN1CCC(Oc2ccc(CC(=O)O)cc2Cl)C1. The molecular formula is C13H16ClNO3. The second-order valence-corrected chi connectivity index (χ2v) is 5.03. The third kappa shape index (κ3) is 3.37. The van der Waals surface area contributed by atoms with Gasteiger partial charge >= 0.3 is 5.97 Å². The minimum absolute atomic E-state index is 0.0217. The van der Waals surface area contributed by atoms with Gasteiger partial charge < -0.3 is 14.7 Å². The highest BCUT2D eigenvalue weighted by Gasteiger charge is 2.21. The highest BCUT2D eigenvalue weighted by atomic mass is 35.5. The van der Waals surface area contributed by atoms with Crippen molar-refractivity contribution in [1.29, 1.82) is 0 Å². The molecule has 1 fully saturated rings. The molecule has 0 amide bonds. The van der Waals surface area contributed by atoms with E-state index in [2.05, 4.69) is 11.9 Å². The molecule has 1 atom stereocenters. The van der Waals surface area contributed by atoms with Crippen LogP contribution in [-0.4, -0.2) is 42.2 Å². The van der Waals surface area contributed by atoms with Gasteiger partial charge in [0.05, 0.1) is 11.4 Å². The number of carbonyl (C=O) groups is 1. The van der Waals surface area contributed by atoms with E-state index < -0.39 is 5.97 Å². The maximum atomic E-state index is 10.6. The van der Waals surface area contributed by atoms with Crippen molar-refractivity contribution in [3.8, 4) is 5.75 Å². The van der Waals surface area contributed by atoms with Crippen LogP contribution in [0.2, 0.25) is 5.02 Å². The largest absolute Gasteiger partial charge is 0.487 e. The molecule has 1 N–H and O–H groups in total. The van der Waals surface area contributed by atoms with E-state index in [-0.39, 0.29) is 12.5 Å². The molecule has 0 spiro atoms. The van der Waals surface area contributed by atoms with Gasteiger partial charge in [-0.05, 0) is 31.2 Å². The van der Waals surface area contributed by atoms with Gasteiger partial charge in [0.2, 0.25) is 0 Å². The molecule has 18 heavy (non-hydrogen) atoms. The second kappa shape index (κ2) is 5.59. The summed E-state index contributed by atoms with van der Waals surface area (Å²) in [5.74, 6) is -0.233. The smallest absolute Gasteiger partial charge is 0.307 e. The monoisotopic (exact) mass is 269 g/mol. The lowest BCUT2D eigenvalue weighted by molar-refractivity contribution is -0.136. The highest BCUT2D eigenvalue weighted by Crippen LogP contribution is 2.28. The Morgan fingerprint density at radius 1 is 1.61 bits per heavy atom. The normalized spacial score (nSPS) is 20.0. The molecule has 0 saturated carbocycles. The topological polar surface area (TPSA) is 49.8 Å². The second-order valence-electron chi connectivity index (χ2n) is 4.63. The summed E-state index contributed by atoms with van der Waals surface area (Å²) in [6.07, 6.45) is 1.13. The van der Waals surface area contributed by atoms with Gasteiger partial charge in [-0.2, -0.15) is 0 Å². The maximum Gasteiger partial charge on any atom is 0.307 e. The van der Waals surface area contributed by atoms with Crippen molar-refractivity contribution in [3.05, 3.63) is 28.8 Å². The average Bonchev–Trinajstić information content (AvgIpc) is 2.67. The number of hydrogen-bond acceptors (Lipinski definition) is 3. The molecule has 98 valence electrons. The Kier molecular flexibility index (Phi) is 4.09. The Morgan fingerprint density at radius 2 is 2.39 bits per heavy atom. The van der Waals surface area contributed by atoms with Crippen molar-refractivity contribution >= 4 is 17.6 Å². The van der Waals surface area contributed by atoms with Crippen LogP contribution in [0.15, 0.2) is 18.2 Å². The molecule has 0 aromatic heterocycles. The maximum absolute atomic E-state index is 10.6. The lowest BCUT2D eigenvalue weighted by Gasteiger charge is -2.15. The van der Waals surface area contributed by atoms with Crippen molar-refractivity contribution < 1.29 is 14.6 Å². The number of likely N-dealkylation sites (tertiary alicyclic amines) is 1. The van der Waals surface area contributed by atoms with Crippen molar-refractivity contribution in [3.63, 3.8) is 0 Å². The Balaban J connectivity index is 2.03. The first-order valence-corrected chi connectivity index (χ1v) is 6.28. The zero-order chi connectivity index (χ0) is 13.1. The summed E-state index contributed by atoms with van der Waals surface area (Å²) in [7, 11) is 2.06. The standard InChI is InChI=1S/C13H16ClNO3/c1-15-5-4-10(8-15)18-12-3-2-9(6-11(12)14)7-13(16)17/h2-3,6,10H,4-5,7-8H2,1H3,(H,16,17). The Labute approximate surface area is 111 Å². The van der Waals surface area contributed by atoms with Gasteiger partial charge in [0.15, 0.2) is 0 Å². The third-order valence-electron chi connectivity index (χ3n) is 2.99. The summed E-state index contributed by atoms with van der Waals surface area (Å²) in [5, 5.41) is 9.18. The van der Waals surface area contributed by atoms with Gasteiger partial charge in [-0.15, -0.1) is 0 Å². The summed E-state index contributed by atoms with van der Waals surface area (Å²) >= 11 is 6.10. The number of rotatable bonds is 4. The van der Waals surface area contributed by atoms with E-state index in [4.69, 9.17) is 21.4 Å². The molecule has 1 aliphatic rings. The van der Waals surface area contributed by atoms with Crippen LogP contribution in [0.1, 0.15) is 12.0 Å². The molecular weight excluding hydrogens is 254 g/mol. The van der Waals surface area contributed by atoms with Crippen molar-refractivity contribution in [2.75, 3.05) is 20.1 Å². The number of carboxylic acid groups (broad SMARTS) is 1. The number of likely N-dealkylation sites (N-methyl/N-ethyl adjacent to an activating group) is 1. The predicted molar refractivity (Wildman–Crippen MR) is 69.3 cm³/mol.